The number of hydrogen-bond acceptors (Lipinski definition) is 3. The Bertz CT molecular complexity index is 509. The molecule has 0 saturated heterocycles. The SMILES string of the molecule is Nc1ncn(-c2cc(F)c(F)cc2F)n1. The average molecular weight is 214 g/mol. The number of aromatic nitrogens is 3. The molecule has 0 aliphatic carbocycles. The van der Waals surface area contributed by atoms with Gasteiger partial charge in [0.1, 0.15) is 12.0 Å². The van der Waals surface area contributed by atoms with E-state index in [0.29, 0.717) is 12.1 Å². The summed E-state index contributed by atoms with van der Waals surface area (Å²) in [6, 6.07) is 1.11. The smallest absolute Gasteiger partial charge is 0.239 e. The second-order valence-corrected chi connectivity index (χ2v) is 2.77. The molecule has 0 fully saturated rings. The van der Waals surface area contributed by atoms with Gasteiger partial charge in [0.15, 0.2) is 17.5 Å². The van der Waals surface area contributed by atoms with E-state index in [9.17, 15) is 13.2 Å². The van der Waals surface area contributed by atoms with E-state index in [1.165, 1.54) is 0 Å². The molecule has 0 unspecified atom stereocenters. The van der Waals surface area contributed by atoms with Crippen molar-refractivity contribution < 1.29 is 13.2 Å². The molecule has 0 saturated carbocycles. The van der Waals surface area contributed by atoms with E-state index in [-0.39, 0.29) is 11.6 Å². The molecular weight excluding hydrogens is 209 g/mol. The van der Waals surface area contributed by atoms with Crippen molar-refractivity contribution in [1.29, 1.82) is 0 Å². The van der Waals surface area contributed by atoms with Crippen LogP contribution in [0.25, 0.3) is 5.69 Å². The molecule has 0 bridgehead atoms. The van der Waals surface area contributed by atoms with Gasteiger partial charge >= 0.3 is 0 Å². The Hall–Kier alpha value is -2.05. The van der Waals surface area contributed by atoms with E-state index >= 15 is 0 Å². The monoisotopic (exact) mass is 214 g/mol. The lowest BCUT2D eigenvalue weighted by Gasteiger charge is -2.02. The van der Waals surface area contributed by atoms with Crippen LogP contribution in [0.5, 0.6) is 0 Å². The fraction of sp³-hybridized carbons (Fsp3) is 0. The summed E-state index contributed by atoms with van der Waals surface area (Å²) in [5, 5.41) is 3.57. The van der Waals surface area contributed by atoms with E-state index in [2.05, 4.69) is 10.1 Å². The minimum absolute atomic E-state index is 0.0841. The van der Waals surface area contributed by atoms with Crippen molar-refractivity contribution in [1.82, 2.24) is 14.8 Å². The van der Waals surface area contributed by atoms with Crippen LogP contribution in [0.4, 0.5) is 19.1 Å². The molecule has 4 nitrogen and oxygen atoms in total. The van der Waals surface area contributed by atoms with Gasteiger partial charge in [-0.1, -0.05) is 0 Å². The average Bonchev–Trinajstić information content (AvgIpc) is 2.58. The minimum Gasteiger partial charge on any atom is -0.366 e. The standard InChI is InChI=1S/C8H5F3N4/c9-4-1-6(11)7(2-5(4)10)15-3-13-8(12)14-15/h1-3H,(H2,12,14). The van der Waals surface area contributed by atoms with Crippen LogP contribution in [0, 0.1) is 17.5 Å². The fourth-order valence-electron chi connectivity index (χ4n) is 1.08. The summed E-state index contributed by atoms with van der Waals surface area (Å²) >= 11 is 0. The van der Waals surface area contributed by atoms with E-state index in [1.54, 1.807) is 0 Å². The summed E-state index contributed by atoms with van der Waals surface area (Å²) < 4.78 is 39.5. The second-order valence-electron chi connectivity index (χ2n) is 2.77. The molecule has 1 heterocycles. The summed E-state index contributed by atoms with van der Waals surface area (Å²) in [7, 11) is 0. The highest BCUT2D eigenvalue weighted by Crippen LogP contribution is 2.16. The third kappa shape index (κ3) is 1.63. The lowest BCUT2D eigenvalue weighted by atomic mass is 10.3. The Morgan fingerprint density at radius 2 is 1.73 bits per heavy atom. The number of rotatable bonds is 1. The summed E-state index contributed by atoms with van der Waals surface area (Å²) in [4.78, 5) is 3.53. The number of nitrogen functional groups attached to an aromatic ring is 1. The van der Waals surface area contributed by atoms with E-state index in [4.69, 9.17) is 5.73 Å². The number of halogens is 3. The molecule has 0 amide bonds. The van der Waals surface area contributed by atoms with E-state index in [1.807, 2.05) is 0 Å². The van der Waals surface area contributed by atoms with Crippen molar-refractivity contribution in [3.63, 3.8) is 0 Å². The highest BCUT2D eigenvalue weighted by molar-refractivity contribution is 5.34. The van der Waals surface area contributed by atoms with Crippen LogP contribution in [0.2, 0.25) is 0 Å². The Morgan fingerprint density at radius 3 is 2.33 bits per heavy atom. The van der Waals surface area contributed by atoms with Crippen LogP contribution in [-0.4, -0.2) is 14.8 Å². The van der Waals surface area contributed by atoms with Gasteiger partial charge in [-0.05, 0) is 0 Å². The summed E-state index contributed by atoms with van der Waals surface area (Å²) in [6.07, 6.45) is 1.10. The first kappa shape index (κ1) is 9.50. The fourth-order valence-corrected chi connectivity index (χ4v) is 1.08. The van der Waals surface area contributed by atoms with E-state index < -0.39 is 17.5 Å². The van der Waals surface area contributed by atoms with Crippen LogP contribution in [0.1, 0.15) is 0 Å². The van der Waals surface area contributed by atoms with Crippen molar-refractivity contribution in [2.75, 3.05) is 5.73 Å². The molecule has 2 N–H and O–H groups in total. The number of hydrogen-bond donors (Lipinski definition) is 1. The maximum Gasteiger partial charge on any atom is 0.239 e. The molecule has 0 aliphatic heterocycles. The van der Waals surface area contributed by atoms with Gasteiger partial charge in [0.2, 0.25) is 5.95 Å². The molecule has 78 valence electrons. The first-order valence-electron chi connectivity index (χ1n) is 3.90. The lowest BCUT2D eigenvalue weighted by Crippen LogP contribution is -2.01. The Labute approximate surface area is 82.2 Å². The molecule has 0 spiro atoms. The Morgan fingerprint density at radius 1 is 1.07 bits per heavy atom. The van der Waals surface area contributed by atoms with Crippen LogP contribution in [-0.2, 0) is 0 Å². The molecule has 1 aromatic heterocycles. The molecule has 2 rings (SSSR count). The van der Waals surface area contributed by atoms with E-state index in [0.717, 1.165) is 11.0 Å². The molecule has 0 radical (unpaired) electrons. The molecule has 15 heavy (non-hydrogen) atoms. The minimum atomic E-state index is -1.26. The molecule has 7 heteroatoms. The molecule has 2 aromatic rings. The Kier molecular flexibility index (Phi) is 2.07. The van der Waals surface area contributed by atoms with Crippen LogP contribution in [0.15, 0.2) is 18.5 Å². The van der Waals surface area contributed by atoms with Crippen molar-refractivity contribution in [2.24, 2.45) is 0 Å². The van der Waals surface area contributed by atoms with Crippen molar-refractivity contribution in [3.05, 3.63) is 35.9 Å². The first-order valence-corrected chi connectivity index (χ1v) is 3.90. The van der Waals surface area contributed by atoms with Crippen molar-refractivity contribution in [2.45, 2.75) is 0 Å². The normalized spacial score (nSPS) is 10.6. The predicted octanol–water partition coefficient (Wildman–Crippen LogP) is 1.27. The maximum atomic E-state index is 13.2. The first-order chi connectivity index (χ1) is 7.08. The third-order valence-electron chi connectivity index (χ3n) is 1.75. The van der Waals surface area contributed by atoms with Gasteiger partial charge < -0.3 is 5.73 Å². The van der Waals surface area contributed by atoms with Gasteiger partial charge in [-0.15, -0.1) is 5.10 Å². The highest BCUT2D eigenvalue weighted by Gasteiger charge is 2.12. The lowest BCUT2D eigenvalue weighted by molar-refractivity contribution is 0.491. The zero-order valence-electron chi connectivity index (χ0n) is 7.28. The second kappa shape index (κ2) is 3.26. The number of benzene rings is 1. The van der Waals surface area contributed by atoms with Crippen molar-refractivity contribution >= 4 is 5.95 Å². The summed E-state index contributed by atoms with van der Waals surface area (Å²) in [5.74, 6) is -3.46. The number of nitrogens with zero attached hydrogens (tertiary/aromatic N) is 3. The van der Waals surface area contributed by atoms with Crippen LogP contribution in [0.3, 0.4) is 0 Å². The third-order valence-corrected chi connectivity index (χ3v) is 1.75. The van der Waals surface area contributed by atoms with Gasteiger partial charge in [0.05, 0.1) is 0 Å². The molecule has 0 atom stereocenters. The van der Waals surface area contributed by atoms with Gasteiger partial charge in [-0.2, -0.15) is 0 Å². The zero-order valence-corrected chi connectivity index (χ0v) is 7.28. The number of nitrogens with two attached hydrogens (primary N) is 1. The highest BCUT2D eigenvalue weighted by atomic mass is 19.2. The van der Waals surface area contributed by atoms with Gasteiger partial charge in [0.25, 0.3) is 0 Å². The largest absolute Gasteiger partial charge is 0.366 e. The predicted molar refractivity (Wildman–Crippen MR) is 45.6 cm³/mol. The van der Waals surface area contributed by atoms with Gasteiger partial charge in [0, 0.05) is 12.1 Å². The van der Waals surface area contributed by atoms with Gasteiger partial charge in [-0.25, -0.2) is 22.8 Å². The van der Waals surface area contributed by atoms with Crippen molar-refractivity contribution in [3.8, 4) is 5.69 Å². The van der Waals surface area contributed by atoms with Crippen LogP contribution < -0.4 is 5.73 Å². The topological polar surface area (TPSA) is 56.7 Å². The Balaban J connectivity index is 2.58. The molecule has 1 aromatic carbocycles. The van der Waals surface area contributed by atoms with Crippen LogP contribution >= 0.6 is 0 Å². The summed E-state index contributed by atoms with van der Waals surface area (Å²) in [5.41, 5.74) is 4.95. The number of anilines is 1. The molecule has 0 aliphatic rings. The maximum absolute atomic E-state index is 13.2. The van der Waals surface area contributed by atoms with Gasteiger partial charge in [-0.3, -0.25) is 0 Å². The molecular formula is C8H5F3N4. The quantitative estimate of drug-likeness (QED) is 0.727. The zero-order chi connectivity index (χ0) is 11.0. The summed E-state index contributed by atoms with van der Waals surface area (Å²) in [6.45, 7) is 0.